The molecule has 0 aliphatic carbocycles. The molecule has 0 saturated carbocycles. The Morgan fingerprint density at radius 2 is 1.80 bits per heavy atom. The number of hydrogen-bond donors (Lipinski definition) is 1. The maximum absolute atomic E-state index is 12.4. The maximum atomic E-state index is 12.4. The van der Waals surface area contributed by atoms with Crippen LogP contribution in [0, 0.1) is 0 Å². The molecule has 0 aliphatic heterocycles. The molecule has 8 heteroatoms. The number of carboxylic acids is 1. The van der Waals surface area contributed by atoms with Crippen LogP contribution in [0.4, 0.5) is 0 Å². The number of methoxy groups -OCH3 is 2. The molecule has 25 heavy (non-hydrogen) atoms. The fourth-order valence-electron chi connectivity index (χ4n) is 2.21. The molecule has 1 rings (SSSR count). The number of amides is 1. The average Bonchev–Trinajstić information content (AvgIpc) is 2.58. The van der Waals surface area contributed by atoms with Crippen molar-refractivity contribution < 1.29 is 24.2 Å². The molecule has 0 radical (unpaired) electrons. The number of halogens is 1. The van der Waals surface area contributed by atoms with Gasteiger partial charge in [0.2, 0.25) is 5.91 Å². The molecule has 1 aromatic carbocycles. The number of rotatable bonds is 9. The van der Waals surface area contributed by atoms with Gasteiger partial charge in [0, 0.05) is 13.1 Å². The molecule has 7 nitrogen and oxygen atoms in total. The number of carboxylic acid groups (broad SMARTS) is 1. The summed E-state index contributed by atoms with van der Waals surface area (Å²) in [4.78, 5) is 26.6. The lowest BCUT2D eigenvalue weighted by Crippen LogP contribution is -2.44. The van der Waals surface area contributed by atoms with Gasteiger partial charge in [-0.2, -0.15) is 0 Å². The van der Waals surface area contributed by atoms with Crippen LogP contribution < -0.4 is 9.47 Å². The Morgan fingerprint density at radius 3 is 2.28 bits per heavy atom. The molecule has 1 amide bonds. The van der Waals surface area contributed by atoms with Crippen LogP contribution in [0.2, 0.25) is 0 Å². The minimum Gasteiger partial charge on any atom is -0.493 e. The zero-order valence-corrected chi connectivity index (χ0v) is 16.1. The van der Waals surface area contributed by atoms with Gasteiger partial charge in [-0.25, -0.2) is 0 Å². The molecule has 0 aromatic heterocycles. The maximum Gasteiger partial charge on any atom is 0.320 e. The van der Waals surface area contributed by atoms with Gasteiger partial charge in [0.05, 0.1) is 20.8 Å². The number of carbonyl (C=O) groups is 2. The minimum atomic E-state index is -0.951. The van der Waals surface area contributed by atoms with Gasteiger partial charge in [-0.1, -0.05) is 6.07 Å². The lowest BCUT2D eigenvalue weighted by atomic mass is 10.2. The normalized spacial score (nSPS) is 11.4. The van der Waals surface area contributed by atoms with Crippen LogP contribution in [0.15, 0.2) is 18.2 Å². The Labute approximate surface area is 154 Å². The lowest BCUT2D eigenvalue weighted by molar-refractivity contribution is -0.143. The minimum absolute atomic E-state index is 0. The Hall–Kier alpha value is -1.99. The highest BCUT2D eigenvalue weighted by Crippen LogP contribution is 2.28. The van der Waals surface area contributed by atoms with Crippen molar-refractivity contribution in [1.29, 1.82) is 0 Å². The Kier molecular flexibility index (Phi) is 9.93. The molecular formula is C17H27ClN2O5. The average molecular weight is 375 g/mol. The molecule has 0 saturated heterocycles. The molecular weight excluding hydrogens is 348 g/mol. The predicted molar refractivity (Wildman–Crippen MR) is 97.6 cm³/mol. The summed E-state index contributed by atoms with van der Waals surface area (Å²) in [6, 6.07) is 4.79. The number of hydrogen-bond acceptors (Lipinski definition) is 5. The zero-order chi connectivity index (χ0) is 18.3. The molecule has 1 N–H and O–H groups in total. The summed E-state index contributed by atoms with van der Waals surface area (Å²) in [6.07, 6.45) is 0. The fourth-order valence-corrected chi connectivity index (χ4v) is 2.21. The van der Waals surface area contributed by atoms with Gasteiger partial charge in [-0.3, -0.25) is 14.5 Å². The number of benzene rings is 1. The summed E-state index contributed by atoms with van der Waals surface area (Å²) >= 11 is 0. The zero-order valence-electron chi connectivity index (χ0n) is 15.3. The van der Waals surface area contributed by atoms with E-state index < -0.39 is 12.0 Å². The van der Waals surface area contributed by atoms with Gasteiger partial charge < -0.3 is 19.5 Å². The second kappa shape index (κ2) is 10.8. The van der Waals surface area contributed by atoms with Crippen LogP contribution in [0.5, 0.6) is 11.5 Å². The predicted octanol–water partition coefficient (Wildman–Crippen LogP) is 1.88. The van der Waals surface area contributed by atoms with Gasteiger partial charge in [0.1, 0.15) is 6.04 Å². The van der Waals surface area contributed by atoms with Crippen LogP contribution in [-0.2, 0) is 16.1 Å². The number of aliphatic carboxylic acids is 1. The fraction of sp³-hybridized carbons (Fsp3) is 0.529. The number of likely N-dealkylation sites (N-methyl/N-ethyl adjacent to an activating group) is 2. The van der Waals surface area contributed by atoms with E-state index in [1.165, 1.54) is 4.90 Å². The van der Waals surface area contributed by atoms with Gasteiger partial charge in [0.15, 0.2) is 11.5 Å². The first-order valence-electron chi connectivity index (χ1n) is 7.75. The molecule has 1 unspecified atom stereocenters. The van der Waals surface area contributed by atoms with Gasteiger partial charge >= 0.3 is 5.97 Å². The smallest absolute Gasteiger partial charge is 0.320 e. The third kappa shape index (κ3) is 6.43. The van der Waals surface area contributed by atoms with E-state index in [1.807, 2.05) is 19.1 Å². The molecule has 0 spiro atoms. The van der Waals surface area contributed by atoms with E-state index in [9.17, 15) is 9.59 Å². The van der Waals surface area contributed by atoms with E-state index in [0.29, 0.717) is 24.6 Å². The highest BCUT2D eigenvalue weighted by molar-refractivity contribution is 5.85. The highest BCUT2D eigenvalue weighted by atomic mass is 35.5. The van der Waals surface area contributed by atoms with Crippen LogP contribution in [0.3, 0.4) is 0 Å². The third-order valence-corrected chi connectivity index (χ3v) is 3.96. The van der Waals surface area contributed by atoms with Crippen LogP contribution in [-0.4, -0.2) is 67.2 Å². The number of ether oxygens (including phenoxy) is 2. The van der Waals surface area contributed by atoms with E-state index >= 15 is 0 Å². The topological polar surface area (TPSA) is 79.3 Å². The molecule has 1 atom stereocenters. The van der Waals surface area contributed by atoms with Gasteiger partial charge in [0.25, 0.3) is 0 Å². The summed E-state index contributed by atoms with van der Waals surface area (Å²) in [5.41, 5.74) is 0.914. The van der Waals surface area contributed by atoms with Gasteiger partial charge in [-0.15, -0.1) is 12.4 Å². The van der Waals surface area contributed by atoms with Crippen LogP contribution >= 0.6 is 12.4 Å². The van der Waals surface area contributed by atoms with Crippen LogP contribution in [0.1, 0.15) is 19.4 Å². The summed E-state index contributed by atoms with van der Waals surface area (Å²) in [5, 5.41) is 9.01. The first-order chi connectivity index (χ1) is 11.3. The monoisotopic (exact) mass is 374 g/mol. The summed E-state index contributed by atoms with van der Waals surface area (Å²) in [6.45, 7) is 4.45. The summed E-state index contributed by atoms with van der Waals surface area (Å²) in [7, 11) is 4.76. The van der Waals surface area contributed by atoms with Crippen molar-refractivity contribution >= 4 is 24.3 Å². The van der Waals surface area contributed by atoms with Crippen molar-refractivity contribution in [2.24, 2.45) is 0 Å². The molecule has 0 aliphatic rings. The second-order valence-corrected chi connectivity index (χ2v) is 5.53. The quantitative estimate of drug-likeness (QED) is 0.711. The molecule has 0 bridgehead atoms. The van der Waals surface area contributed by atoms with E-state index in [0.717, 1.165) is 5.56 Å². The van der Waals surface area contributed by atoms with E-state index in [2.05, 4.69) is 0 Å². The molecule has 142 valence electrons. The van der Waals surface area contributed by atoms with E-state index in [1.54, 1.807) is 39.2 Å². The number of nitrogens with zero attached hydrogens (tertiary/aromatic N) is 2. The first kappa shape index (κ1) is 23.0. The third-order valence-electron chi connectivity index (χ3n) is 3.96. The van der Waals surface area contributed by atoms with Crippen molar-refractivity contribution in [2.45, 2.75) is 26.4 Å². The first-order valence-corrected chi connectivity index (χ1v) is 7.75. The lowest BCUT2D eigenvalue weighted by Gasteiger charge is -2.26. The number of carbonyl (C=O) groups excluding carboxylic acids is 1. The van der Waals surface area contributed by atoms with Crippen LogP contribution in [0.25, 0.3) is 0 Å². The van der Waals surface area contributed by atoms with Crippen molar-refractivity contribution in [3.63, 3.8) is 0 Å². The summed E-state index contributed by atoms with van der Waals surface area (Å²) < 4.78 is 10.5. The molecule has 0 fully saturated rings. The highest BCUT2D eigenvalue weighted by Gasteiger charge is 2.22. The van der Waals surface area contributed by atoms with Crippen molar-refractivity contribution in [3.8, 4) is 11.5 Å². The van der Waals surface area contributed by atoms with Gasteiger partial charge in [-0.05, 0) is 38.6 Å². The standard InChI is InChI=1S/C17H26N2O5.ClH/c1-6-19(16(20)11-18(3)12(2)17(21)22)10-13-7-8-14(23-4)15(9-13)24-5;/h7-9,12H,6,10-11H2,1-5H3,(H,21,22);1H. The van der Waals surface area contributed by atoms with E-state index in [-0.39, 0.29) is 24.9 Å². The van der Waals surface area contributed by atoms with E-state index in [4.69, 9.17) is 14.6 Å². The Balaban J connectivity index is 0.00000576. The van der Waals surface area contributed by atoms with Crippen molar-refractivity contribution in [3.05, 3.63) is 23.8 Å². The Bertz CT molecular complexity index is 582. The summed E-state index contributed by atoms with van der Waals surface area (Å²) in [5.74, 6) is 0.164. The second-order valence-electron chi connectivity index (χ2n) is 5.53. The SMILES string of the molecule is CCN(Cc1ccc(OC)c(OC)c1)C(=O)CN(C)C(C)C(=O)O.Cl. The molecule has 0 heterocycles. The Morgan fingerprint density at radius 1 is 1.20 bits per heavy atom. The molecule has 1 aromatic rings. The largest absolute Gasteiger partial charge is 0.493 e. The van der Waals surface area contributed by atoms with Crippen molar-refractivity contribution in [1.82, 2.24) is 9.80 Å². The van der Waals surface area contributed by atoms with Crippen molar-refractivity contribution in [2.75, 3.05) is 34.4 Å².